The molecule has 0 amide bonds. The van der Waals surface area contributed by atoms with Crippen LogP contribution in [0.1, 0.15) is 155 Å². The molecule has 9 heteroatoms. The summed E-state index contributed by atoms with van der Waals surface area (Å²) in [4.78, 5) is 11.6. The van der Waals surface area contributed by atoms with E-state index in [-0.39, 0.29) is 18.6 Å². The highest BCUT2D eigenvalue weighted by Crippen LogP contribution is 2.23. The van der Waals surface area contributed by atoms with Crippen molar-refractivity contribution < 1.29 is 44.9 Å². The standard InChI is InChI=1S/C35H66O9/c1-2-3-4-5-6-7-8-9-10-11-12-13-14-15-16-17-18-19-20-21-22-23-24-28(34(41)42)25-29(37)27-43-35-33(40)32(39)31(38)30(26-36)44-35/h24,29-33,35-40H,2-23,25-27H2,1H3,(H,41,42). The number of hydrogen-bond donors (Lipinski definition) is 6. The number of aliphatic hydroxyl groups excluding tert-OH is 5. The fraction of sp³-hybridized carbons (Fsp3) is 0.914. The zero-order valence-corrected chi connectivity index (χ0v) is 27.6. The molecule has 6 unspecified atom stereocenters. The Bertz CT molecular complexity index is 714. The number of aliphatic carboxylic acids is 1. The maximum absolute atomic E-state index is 11.6. The molecule has 1 saturated heterocycles. The number of ether oxygens (including phenoxy) is 2. The van der Waals surface area contributed by atoms with Gasteiger partial charge >= 0.3 is 5.97 Å². The molecule has 0 radical (unpaired) electrons. The molecule has 6 N–H and O–H groups in total. The topological polar surface area (TPSA) is 157 Å². The molecule has 1 rings (SSSR count). The lowest BCUT2D eigenvalue weighted by atomic mass is 9.99. The number of carbonyl (C=O) groups is 1. The van der Waals surface area contributed by atoms with E-state index < -0.39 is 49.4 Å². The van der Waals surface area contributed by atoms with Gasteiger partial charge < -0.3 is 40.1 Å². The minimum absolute atomic E-state index is 0.100. The summed E-state index contributed by atoms with van der Waals surface area (Å²) >= 11 is 0. The lowest BCUT2D eigenvalue weighted by molar-refractivity contribution is -0.304. The van der Waals surface area contributed by atoms with Gasteiger partial charge in [0.15, 0.2) is 6.29 Å². The van der Waals surface area contributed by atoms with E-state index in [0.29, 0.717) is 6.42 Å². The molecule has 1 fully saturated rings. The van der Waals surface area contributed by atoms with Gasteiger partial charge in [-0.2, -0.15) is 0 Å². The van der Waals surface area contributed by atoms with Crippen LogP contribution in [0.3, 0.4) is 0 Å². The molecule has 6 atom stereocenters. The Morgan fingerprint density at radius 3 is 1.55 bits per heavy atom. The first-order chi connectivity index (χ1) is 21.3. The van der Waals surface area contributed by atoms with E-state index in [1.54, 1.807) is 6.08 Å². The zero-order chi connectivity index (χ0) is 32.4. The van der Waals surface area contributed by atoms with Gasteiger partial charge in [-0.1, -0.05) is 141 Å². The van der Waals surface area contributed by atoms with Crippen molar-refractivity contribution in [2.45, 2.75) is 191 Å². The predicted octanol–water partition coefficient (Wildman–Crippen LogP) is 6.17. The summed E-state index contributed by atoms with van der Waals surface area (Å²) in [5, 5.41) is 58.7. The van der Waals surface area contributed by atoms with Crippen molar-refractivity contribution in [2.75, 3.05) is 13.2 Å². The molecule has 260 valence electrons. The molecule has 1 aliphatic rings. The number of aliphatic hydroxyl groups is 5. The number of unbranched alkanes of at least 4 members (excludes halogenated alkanes) is 21. The Balaban J connectivity index is 2.00. The summed E-state index contributed by atoms with van der Waals surface area (Å²) in [5.74, 6) is -1.10. The van der Waals surface area contributed by atoms with Crippen molar-refractivity contribution in [1.82, 2.24) is 0 Å². The average Bonchev–Trinajstić information content (AvgIpc) is 3.01. The molecule has 9 nitrogen and oxygen atoms in total. The van der Waals surface area contributed by atoms with Crippen LogP contribution in [0.15, 0.2) is 11.6 Å². The maximum atomic E-state index is 11.6. The smallest absolute Gasteiger partial charge is 0.331 e. The Morgan fingerprint density at radius 1 is 0.705 bits per heavy atom. The van der Waals surface area contributed by atoms with Gasteiger partial charge in [0, 0.05) is 12.0 Å². The van der Waals surface area contributed by atoms with Crippen LogP contribution in [0.25, 0.3) is 0 Å². The van der Waals surface area contributed by atoms with Gasteiger partial charge in [0.25, 0.3) is 0 Å². The van der Waals surface area contributed by atoms with Gasteiger partial charge in [0.2, 0.25) is 0 Å². The minimum Gasteiger partial charge on any atom is -0.478 e. The molecule has 0 aliphatic carbocycles. The van der Waals surface area contributed by atoms with E-state index in [1.807, 2.05) is 0 Å². The first-order valence-corrected chi connectivity index (χ1v) is 17.8. The summed E-state index contributed by atoms with van der Waals surface area (Å²) in [7, 11) is 0. The highest BCUT2D eigenvalue weighted by Gasteiger charge is 2.44. The highest BCUT2D eigenvalue weighted by molar-refractivity contribution is 5.86. The number of hydrogen-bond acceptors (Lipinski definition) is 8. The van der Waals surface area contributed by atoms with Crippen molar-refractivity contribution in [3.05, 3.63) is 11.6 Å². The van der Waals surface area contributed by atoms with Gasteiger partial charge in [-0.3, -0.25) is 0 Å². The zero-order valence-electron chi connectivity index (χ0n) is 27.6. The largest absolute Gasteiger partial charge is 0.478 e. The van der Waals surface area contributed by atoms with Gasteiger partial charge in [0.1, 0.15) is 24.4 Å². The summed E-state index contributed by atoms with van der Waals surface area (Å²) < 4.78 is 10.6. The van der Waals surface area contributed by atoms with Crippen molar-refractivity contribution >= 4 is 5.97 Å². The molecule has 0 aromatic rings. The molecular formula is C35H66O9. The van der Waals surface area contributed by atoms with E-state index in [0.717, 1.165) is 19.3 Å². The molecule has 0 bridgehead atoms. The van der Waals surface area contributed by atoms with Gasteiger partial charge in [-0.05, 0) is 12.8 Å². The van der Waals surface area contributed by atoms with Crippen LogP contribution in [0, 0.1) is 0 Å². The van der Waals surface area contributed by atoms with Gasteiger partial charge in [-0.15, -0.1) is 0 Å². The second kappa shape index (κ2) is 27.1. The van der Waals surface area contributed by atoms with Crippen molar-refractivity contribution in [2.24, 2.45) is 0 Å². The minimum atomic E-state index is -1.58. The summed E-state index contributed by atoms with van der Waals surface area (Å²) in [5.41, 5.74) is 0.100. The Hall–Kier alpha value is -1.07. The van der Waals surface area contributed by atoms with Crippen LogP contribution in [0.2, 0.25) is 0 Å². The quantitative estimate of drug-likeness (QED) is 0.0420. The van der Waals surface area contributed by atoms with E-state index in [1.165, 1.54) is 116 Å². The second-order valence-corrected chi connectivity index (χ2v) is 12.8. The van der Waals surface area contributed by atoms with Crippen molar-refractivity contribution in [3.63, 3.8) is 0 Å². The Labute approximate surface area is 267 Å². The number of carboxylic acids is 1. The molecule has 0 spiro atoms. The van der Waals surface area contributed by atoms with Crippen molar-refractivity contribution in [3.8, 4) is 0 Å². The highest BCUT2D eigenvalue weighted by atomic mass is 16.7. The number of allylic oxidation sites excluding steroid dienone is 1. The molecule has 0 saturated carbocycles. The molecular weight excluding hydrogens is 564 g/mol. The Morgan fingerprint density at radius 2 is 1.14 bits per heavy atom. The molecule has 0 aromatic carbocycles. The lowest BCUT2D eigenvalue weighted by Crippen LogP contribution is -2.59. The maximum Gasteiger partial charge on any atom is 0.331 e. The van der Waals surface area contributed by atoms with Crippen molar-refractivity contribution in [1.29, 1.82) is 0 Å². The molecule has 0 aromatic heterocycles. The number of carboxylic acid groups (broad SMARTS) is 1. The second-order valence-electron chi connectivity index (χ2n) is 12.8. The van der Waals surface area contributed by atoms with Crippen LogP contribution >= 0.6 is 0 Å². The monoisotopic (exact) mass is 630 g/mol. The van der Waals surface area contributed by atoms with Crippen LogP contribution in [-0.2, 0) is 14.3 Å². The normalized spacial score (nSPS) is 23.2. The third kappa shape index (κ3) is 19.4. The van der Waals surface area contributed by atoms with Gasteiger partial charge in [0.05, 0.1) is 19.3 Å². The van der Waals surface area contributed by atoms with Crippen LogP contribution in [0.4, 0.5) is 0 Å². The van der Waals surface area contributed by atoms with E-state index in [9.17, 15) is 35.4 Å². The third-order valence-electron chi connectivity index (χ3n) is 8.73. The van der Waals surface area contributed by atoms with Crippen LogP contribution in [0.5, 0.6) is 0 Å². The van der Waals surface area contributed by atoms with Crippen LogP contribution in [-0.4, -0.2) is 86.6 Å². The Kier molecular flexibility index (Phi) is 25.2. The fourth-order valence-electron chi connectivity index (χ4n) is 5.83. The summed E-state index contributed by atoms with van der Waals surface area (Å²) in [6.45, 7) is 1.35. The summed E-state index contributed by atoms with van der Waals surface area (Å²) in [6.07, 6.45) is 21.6. The summed E-state index contributed by atoms with van der Waals surface area (Å²) in [6, 6.07) is 0. The average molecular weight is 631 g/mol. The van der Waals surface area contributed by atoms with E-state index >= 15 is 0 Å². The van der Waals surface area contributed by atoms with Gasteiger partial charge in [-0.25, -0.2) is 4.79 Å². The third-order valence-corrected chi connectivity index (χ3v) is 8.73. The first-order valence-electron chi connectivity index (χ1n) is 17.8. The predicted molar refractivity (Wildman–Crippen MR) is 173 cm³/mol. The fourth-order valence-corrected chi connectivity index (χ4v) is 5.83. The first kappa shape index (κ1) is 41.0. The SMILES string of the molecule is CCCCCCCCCCCCCCCCCCCCCCCC=C(CC(O)COC1OC(CO)C(O)C(O)C1O)C(=O)O. The molecule has 1 heterocycles. The molecule has 1 aliphatic heterocycles. The van der Waals surface area contributed by atoms with E-state index in [2.05, 4.69) is 6.92 Å². The molecule has 44 heavy (non-hydrogen) atoms. The lowest BCUT2D eigenvalue weighted by Gasteiger charge is -2.39. The number of rotatable bonds is 29. The van der Waals surface area contributed by atoms with Crippen LogP contribution < -0.4 is 0 Å². The van der Waals surface area contributed by atoms with E-state index in [4.69, 9.17) is 9.47 Å².